The van der Waals surface area contributed by atoms with Crippen molar-refractivity contribution in [3.05, 3.63) is 42.5 Å². The average molecular weight is 271 g/mol. The first-order valence-corrected chi connectivity index (χ1v) is 7.24. The number of nitrogens with two attached hydrogens (primary N) is 1. The summed E-state index contributed by atoms with van der Waals surface area (Å²) in [6, 6.07) is 14.4. The minimum absolute atomic E-state index is 0.0323. The smallest absolute Gasteiger partial charge is 0.120 e. The lowest BCUT2D eigenvalue weighted by Crippen LogP contribution is -2.50. The molecule has 2 atom stereocenters. The molecule has 1 fully saturated rings. The van der Waals surface area contributed by atoms with Crippen molar-refractivity contribution in [2.75, 3.05) is 6.61 Å². The molecule has 3 nitrogen and oxygen atoms in total. The van der Waals surface area contributed by atoms with Crippen LogP contribution in [0.4, 0.5) is 0 Å². The topological polar surface area (TPSA) is 55.5 Å². The Morgan fingerprint density at radius 3 is 2.80 bits per heavy atom. The lowest BCUT2D eigenvalue weighted by molar-refractivity contribution is 0.0730. The lowest BCUT2D eigenvalue weighted by Gasteiger charge is -2.36. The Kier molecular flexibility index (Phi) is 3.64. The van der Waals surface area contributed by atoms with E-state index >= 15 is 0 Å². The summed E-state index contributed by atoms with van der Waals surface area (Å²) in [5.41, 5.74) is 5.69. The first kappa shape index (κ1) is 13.4. The van der Waals surface area contributed by atoms with Gasteiger partial charge in [-0.05, 0) is 42.2 Å². The highest BCUT2D eigenvalue weighted by Crippen LogP contribution is 2.30. The maximum Gasteiger partial charge on any atom is 0.120 e. The predicted molar refractivity (Wildman–Crippen MR) is 80.8 cm³/mol. The molecule has 3 heteroatoms. The second-order valence-corrected chi connectivity index (χ2v) is 5.87. The molecule has 0 saturated heterocycles. The molecule has 2 aromatic rings. The first-order chi connectivity index (χ1) is 9.68. The van der Waals surface area contributed by atoms with E-state index in [0.717, 1.165) is 31.4 Å². The molecule has 1 aliphatic carbocycles. The van der Waals surface area contributed by atoms with Crippen LogP contribution < -0.4 is 10.5 Å². The quantitative estimate of drug-likeness (QED) is 0.902. The van der Waals surface area contributed by atoms with Crippen LogP contribution in [-0.2, 0) is 0 Å². The van der Waals surface area contributed by atoms with E-state index < -0.39 is 5.54 Å². The van der Waals surface area contributed by atoms with Gasteiger partial charge in [-0.1, -0.05) is 30.3 Å². The van der Waals surface area contributed by atoms with E-state index in [1.54, 1.807) is 0 Å². The fraction of sp³-hybridized carbons (Fsp3) is 0.412. The van der Waals surface area contributed by atoms with Crippen molar-refractivity contribution < 1.29 is 9.84 Å². The van der Waals surface area contributed by atoms with E-state index in [1.807, 2.05) is 18.2 Å². The van der Waals surface area contributed by atoms with E-state index in [9.17, 15) is 5.11 Å². The van der Waals surface area contributed by atoms with Crippen molar-refractivity contribution in [1.29, 1.82) is 0 Å². The zero-order chi connectivity index (χ0) is 14.0. The zero-order valence-corrected chi connectivity index (χ0v) is 11.6. The van der Waals surface area contributed by atoms with Crippen molar-refractivity contribution in [3.63, 3.8) is 0 Å². The summed E-state index contributed by atoms with van der Waals surface area (Å²) in [7, 11) is 0. The molecule has 0 aliphatic heterocycles. The molecule has 106 valence electrons. The van der Waals surface area contributed by atoms with Crippen LogP contribution in [0.15, 0.2) is 42.5 Å². The highest BCUT2D eigenvalue weighted by molar-refractivity contribution is 5.83. The van der Waals surface area contributed by atoms with Crippen LogP contribution >= 0.6 is 0 Å². The summed E-state index contributed by atoms with van der Waals surface area (Å²) in [5.74, 6) is 0.885. The maximum atomic E-state index is 9.39. The van der Waals surface area contributed by atoms with Gasteiger partial charge >= 0.3 is 0 Å². The van der Waals surface area contributed by atoms with Crippen molar-refractivity contribution in [1.82, 2.24) is 0 Å². The van der Waals surface area contributed by atoms with Crippen molar-refractivity contribution >= 4 is 10.8 Å². The van der Waals surface area contributed by atoms with Gasteiger partial charge in [-0.2, -0.15) is 0 Å². The van der Waals surface area contributed by atoms with Crippen LogP contribution in [0.2, 0.25) is 0 Å². The molecule has 0 aromatic heterocycles. The minimum atomic E-state index is -0.472. The van der Waals surface area contributed by atoms with Crippen LogP contribution in [0.1, 0.15) is 25.7 Å². The second kappa shape index (κ2) is 5.43. The Bertz CT molecular complexity index is 598. The van der Waals surface area contributed by atoms with Crippen molar-refractivity contribution in [3.8, 4) is 5.75 Å². The first-order valence-electron chi connectivity index (χ1n) is 7.24. The van der Waals surface area contributed by atoms with Gasteiger partial charge in [0.25, 0.3) is 0 Å². The average Bonchev–Trinajstić information content (AvgIpc) is 2.47. The van der Waals surface area contributed by atoms with Gasteiger partial charge in [0.1, 0.15) is 11.9 Å². The molecule has 1 saturated carbocycles. The van der Waals surface area contributed by atoms with Gasteiger partial charge in [-0.25, -0.2) is 0 Å². The van der Waals surface area contributed by atoms with E-state index in [1.165, 1.54) is 10.8 Å². The fourth-order valence-corrected chi connectivity index (χ4v) is 3.02. The normalized spacial score (nSPS) is 26.6. The third-order valence-electron chi connectivity index (χ3n) is 4.17. The standard InChI is InChI=1S/C17H21NO2/c18-17(12-19)9-3-6-16(11-17)20-15-8-7-13-4-1-2-5-14(13)10-15/h1-2,4-5,7-8,10,16,19H,3,6,9,11-12,18H2. The number of aliphatic hydroxyl groups excluding tert-OH is 1. The third kappa shape index (κ3) is 2.79. The van der Waals surface area contributed by atoms with Crippen LogP contribution in [-0.4, -0.2) is 23.4 Å². The van der Waals surface area contributed by atoms with Crippen LogP contribution in [0.3, 0.4) is 0 Å². The Morgan fingerprint density at radius 1 is 1.20 bits per heavy atom. The molecule has 20 heavy (non-hydrogen) atoms. The maximum absolute atomic E-state index is 9.39. The minimum Gasteiger partial charge on any atom is -0.490 e. The van der Waals surface area contributed by atoms with E-state index in [-0.39, 0.29) is 12.7 Å². The molecule has 0 amide bonds. The number of hydrogen-bond donors (Lipinski definition) is 2. The number of aliphatic hydroxyl groups is 1. The van der Waals surface area contributed by atoms with Crippen molar-refractivity contribution in [2.45, 2.75) is 37.3 Å². The fourth-order valence-electron chi connectivity index (χ4n) is 3.02. The molecule has 1 aliphatic rings. The van der Waals surface area contributed by atoms with Gasteiger partial charge in [0.05, 0.1) is 6.61 Å². The zero-order valence-electron chi connectivity index (χ0n) is 11.6. The predicted octanol–water partition coefficient (Wildman–Crippen LogP) is 2.85. The van der Waals surface area contributed by atoms with Crippen LogP contribution in [0, 0.1) is 0 Å². The molecule has 3 rings (SSSR count). The Balaban J connectivity index is 1.75. The number of rotatable bonds is 3. The molecule has 0 spiro atoms. The van der Waals surface area contributed by atoms with Gasteiger partial charge in [-0.3, -0.25) is 0 Å². The molecule has 3 N–H and O–H groups in total. The third-order valence-corrected chi connectivity index (χ3v) is 4.17. The highest BCUT2D eigenvalue weighted by Gasteiger charge is 2.33. The van der Waals surface area contributed by atoms with Gasteiger partial charge in [0.2, 0.25) is 0 Å². The molecular weight excluding hydrogens is 250 g/mol. The van der Waals surface area contributed by atoms with Gasteiger partial charge in [0.15, 0.2) is 0 Å². The number of fused-ring (bicyclic) bond motifs is 1. The summed E-state index contributed by atoms with van der Waals surface area (Å²) >= 11 is 0. The van der Waals surface area contributed by atoms with Gasteiger partial charge in [-0.15, -0.1) is 0 Å². The van der Waals surface area contributed by atoms with E-state index in [0.29, 0.717) is 0 Å². The number of ether oxygens (including phenoxy) is 1. The summed E-state index contributed by atoms with van der Waals surface area (Å²) < 4.78 is 6.07. The van der Waals surface area contributed by atoms with Crippen LogP contribution in [0.5, 0.6) is 5.75 Å². The molecular formula is C17H21NO2. The Labute approximate surface area is 119 Å². The highest BCUT2D eigenvalue weighted by atomic mass is 16.5. The summed E-state index contributed by atoms with van der Waals surface area (Å²) in [4.78, 5) is 0. The molecule has 0 radical (unpaired) electrons. The Morgan fingerprint density at radius 2 is 2.00 bits per heavy atom. The summed E-state index contributed by atoms with van der Waals surface area (Å²) in [6.45, 7) is 0.0323. The largest absolute Gasteiger partial charge is 0.490 e. The second-order valence-electron chi connectivity index (χ2n) is 5.87. The molecule has 2 aromatic carbocycles. The summed E-state index contributed by atoms with van der Waals surface area (Å²) in [6.07, 6.45) is 3.71. The number of hydrogen-bond acceptors (Lipinski definition) is 3. The monoisotopic (exact) mass is 271 g/mol. The van der Waals surface area contributed by atoms with E-state index in [4.69, 9.17) is 10.5 Å². The molecule has 0 heterocycles. The van der Waals surface area contributed by atoms with Crippen molar-refractivity contribution in [2.24, 2.45) is 5.73 Å². The lowest BCUT2D eigenvalue weighted by atomic mass is 9.81. The Hall–Kier alpha value is -1.58. The SMILES string of the molecule is NC1(CO)CCCC(Oc2ccc3ccccc3c2)C1. The van der Waals surface area contributed by atoms with Gasteiger partial charge < -0.3 is 15.6 Å². The van der Waals surface area contributed by atoms with Gasteiger partial charge in [0, 0.05) is 12.0 Å². The van der Waals surface area contributed by atoms with E-state index in [2.05, 4.69) is 24.3 Å². The molecule has 2 unspecified atom stereocenters. The molecule has 0 bridgehead atoms. The summed E-state index contributed by atoms with van der Waals surface area (Å²) in [5, 5.41) is 11.8. The number of benzene rings is 2. The van der Waals surface area contributed by atoms with Crippen LogP contribution in [0.25, 0.3) is 10.8 Å².